The first-order valence-electron chi connectivity index (χ1n) is 13.6. The molecular weight excluding hydrogens is 446 g/mol. The van der Waals surface area contributed by atoms with Crippen LogP contribution in [0.25, 0.3) is 32.8 Å². The predicted octanol–water partition coefficient (Wildman–Crippen LogP) is 10.1. The van der Waals surface area contributed by atoms with Gasteiger partial charge in [0.15, 0.2) is 0 Å². The van der Waals surface area contributed by atoms with Crippen LogP contribution in [0.3, 0.4) is 0 Å². The number of hydrogen-bond acceptors (Lipinski definition) is 0. The Morgan fingerprint density at radius 1 is 0.595 bits per heavy atom. The SMILES string of the molecule is CC(C)(C)c1cc2cc(-c3cc(C(C)(C)C)c4ccc(CC(C)(C)c5ccccc5)cc4c3)ccc2[nH]1. The maximum atomic E-state index is 3.62. The number of H-pyrrole nitrogens is 1. The van der Waals surface area contributed by atoms with E-state index in [2.05, 4.69) is 145 Å². The molecule has 1 nitrogen and oxygen atoms in total. The molecule has 37 heavy (non-hydrogen) atoms. The summed E-state index contributed by atoms with van der Waals surface area (Å²) in [6, 6.07) is 31.9. The molecule has 0 bridgehead atoms. The van der Waals surface area contributed by atoms with Crippen LogP contribution in [-0.2, 0) is 22.7 Å². The lowest BCUT2D eigenvalue weighted by Gasteiger charge is -2.26. The summed E-state index contributed by atoms with van der Waals surface area (Å²) in [5, 5.41) is 3.96. The number of rotatable bonds is 4. The molecule has 0 aliphatic rings. The molecule has 190 valence electrons. The molecule has 4 aromatic carbocycles. The fourth-order valence-electron chi connectivity index (χ4n) is 5.53. The Morgan fingerprint density at radius 3 is 1.97 bits per heavy atom. The largest absolute Gasteiger partial charge is 0.358 e. The smallest absolute Gasteiger partial charge is 0.0456 e. The number of hydrogen-bond donors (Lipinski definition) is 1. The van der Waals surface area contributed by atoms with E-state index in [9.17, 15) is 0 Å². The summed E-state index contributed by atoms with van der Waals surface area (Å²) in [7, 11) is 0. The van der Waals surface area contributed by atoms with Crippen LogP contribution in [0.2, 0.25) is 0 Å². The Kier molecular flexibility index (Phi) is 6.10. The molecule has 1 heterocycles. The number of benzene rings is 4. The lowest BCUT2D eigenvalue weighted by Crippen LogP contribution is -2.20. The molecule has 5 aromatic rings. The first-order valence-corrected chi connectivity index (χ1v) is 13.6. The fourth-order valence-corrected chi connectivity index (χ4v) is 5.53. The summed E-state index contributed by atoms with van der Waals surface area (Å²) < 4.78 is 0. The quantitative estimate of drug-likeness (QED) is 0.259. The van der Waals surface area contributed by atoms with Crippen molar-refractivity contribution in [2.45, 2.75) is 78.1 Å². The van der Waals surface area contributed by atoms with Gasteiger partial charge in [-0.15, -0.1) is 0 Å². The van der Waals surface area contributed by atoms with Gasteiger partial charge in [-0.3, -0.25) is 0 Å². The zero-order valence-electron chi connectivity index (χ0n) is 23.8. The third kappa shape index (κ3) is 5.10. The molecule has 0 atom stereocenters. The van der Waals surface area contributed by atoms with Crippen molar-refractivity contribution in [1.29, 1.82) is 0 Å². The minimum absolute atomic E-state index is 0.0523. The van der Waals surface area contributed by atoms with Gasteiger partial charge in [-0.05, 0) is 86.2 Å². The van der Waals surface area contributed by atoms with Gasteiger partial charge in [-0.2, -0.15) is 0 Å². The van der Waals surface area contributed by atoms with Gasteiger partial charge in [-0.1, -0.05) is 110 Å². The lowest BCUT2D eigenvalue weighted by atomic mass is 9.78. The third-order valence-electron chi connectivity index (χ3n) is 7.79. The molecule has 0 aliphatic heterocycles. The average molecular weight is 488 g/mol. The summed E-state index contributed by atoms with van der Waals surface area (Å²) >= 11 is 0. The monoisotopic (exact) mass is 487 g/mol. The Morgan fingerprint density at radius 2 is 1.30 bits per heavy atom. The van der Waals surface area contributed by atoms with E-state index in [1.54, 1.807) is 0 Å². The Labute approximate surface area is 222 Å². The molecule has 0 radical (unpaired) electrons. The van der Waals surface area contributed by atoms with E-state index >= 15 is 0 Å². The molecule has 0 saturated heterocycles. The minimum atomic E-state index is 0.0523. The highest BCUT2D eigenvalue weighted by molar-refractivity contribution is 5.93. The van der Waals surface area contributed by atoms with Gasteiger partial charge < -0.3 is 4.98 Å². The Hall–Kier alpha value is -3.32. The molecular formula is C36H41N. The normalized spacial score (nSPS) is 13.0. The van der Waals surface area contributed by atoms with Crippen LogP contribution in [0.1, 0.15) is 77.8 Å². The zero-order chi connectivity index (χ0) is 26.6. The van der Waals surface area contributed by atoms with Gasteiger partial charge in [0.25, 0.3) is 0 Å². The van der Waals surface area contributed by atoms with E-state index in [1.807, 2.05) is 0 Å². The highest BCUT2D eigenvalue weighted by Gasteiger charge is 2.23. The van der Waals surface area contributed by atoms with Crippen molar-refractivity contribution in [3.8, 4) is 11.1 Å². The van der Waals surface area contributed by atoms with Crippen LogP contribution in [0.5, 0.6) is 0 Å². The van der Waals surface area contributed by atoms with Crippen LogP contribution >= 0.6 is 0 Å². The summed E-state index contributed by atoms with van der Waals surface area (Å²) in [5.41, 5.74) is 9.44. The predicted molar refractivity (Wildman–Crippen MR) is 162 cm³/mol. The first kappa shape index (κ1) is 25.3. The molecule has 1 aromatic heterocycles. The second-order valence-electron chi connectivity index (χ2n) is 13.5. The first-order chi connectivity index (χ1) is 17.3. The minimum Gasteiger partial charge on any atom is -0.358 e. The van der Waals surface area contributed by atoms with Gasteiger partial charge in [0, 0.05) is 22.0 Å². The lowest BCUT2D eigenvalue weighted by molar-refractivity contribution is 0.522. The van der Waals surface area contributed by atoms with Crippen LogP contribution in [0, 0.1) is 0 Å². The standard InChI is InChI=1S/C36H41N/c1-34(2,3)31-21-26(25-15-17-32-28(19-25)22-33(37-32)35(4,5)6)20-27-18-24(14-16-30(27)31)23-36(7,8)29-12-10-9-11-13-29/h9-22,37H,23H2,1-8H3. The van der Waals surface area contributed by atoms with Gasteiger partial charge >= 0.3 is 0 Å². The molecule has 0 unspecified atom stereocenters. The average Bonchev–Trinajstić information content (AvgIpc) is 3.27. The van der Waals surface area contributed by atoms with Crippen molar-refractivity contribution in [3.05, 3.63) is 107 Å². The maximum Gasteiger partial charge on any atom is 0.0456 e. The molecule has 0 fully saturated rings. The van der Waals surface area contributed by atoms with E-state index < -0.39 is 0 Å². The summed E-state index contributed by atoms with van der Waals surface area (Å²) in [6.45, 7) is 18.4. The van der Waals surface area contributed by atoms with E-state index in [4.69, 9.17) is 0 Å². The van der Waals surface area contributed by atoms with Crippen molar-refractivity contribution >= 4 is 21.7 Å². The van der Waals surface area contributed by atoms with Crippen molar-refractivity contribution in [2.24, 2.45) is 0 Å². The number of aromatic nitrogens is 1. The topological polar surface area (TPSA) is 15.8 Å². The van der Waals surface area contributed by atoms with Crippen molar-refractivity contribution < 1.29 is 0 Å². The highest BCUT2D eigenvalue weighted by atomic mass is 14.7. The number of fused-ring (bicyclic) bond motifs is 2. The van der Waals surface area contributed by atoms with Crippen molar-refractivity contribution in [1.82, 2.24) is 4.98 Å². The molecule has 0 aliphatic carbocycles. The van der Waals surface area contributed by atoms with E-state index in [-0.39, 0.29) is 16.2 Å². The molecule has 0 saturated carbocycles. The Bertz CT molecular complexity index is 1570. The van der Waals surface area contributed by atoms with Crippen molar-refractivity contribution in [2.75, 3.05) is 0 Å². The van der Waals surface area contributed by atoms with Gasteiger partial charge in [-0.25, -0.2) is 0 Å². The van der Waals surface area contributed by atoms with E-state index in [0.29, 0.717) is 0 Å². The van der Waals surface area contributed by atoms with Crippen LogP contribution in [0.15, 0.2) is 84.9 Å². The molecule has 5 rings (SSSR count). The molecule has 0 spiro atoms. The zero-order valence-corrected chi connectivity index (χ0v) is 23.8. The molecule has 1 N–H and O–H groups in total. The molecule has 1 heteroatoms. The van der Waals surface area contributed by atoms with Crippen molar-refractivity contribution in [3.63, 3.8) is 0 Å². The second-order valence-corrected chi connectivity index (χ2v) is 13.5. The summed E-state index contributed by atoms with van der Waals surface area (Å²) in [6.07, 6.45) is 1.01. The fraction of sp³-hybridized carbons (Fsp3) is 0.333. The third-order valence-corrected chi connectivity index (χ3v) is 7.79. The van der Waals surface area contributed by atoms with Gasteiger partial charge in [0.05, 0.1) is 0 Å². The number of nitrogens with one attached hydrogen (secondary N) is 1. The van der Waals surface area contributed by atoms with Crippen LogP contribution in [-0.4, -0.2) is 4.98 Å². The van der Waals surface area contributed by atoms with E-state index in [0.717, 1.165) is 6.42 Å². The summed E-state index contributed by atoms with van der Waals surface area (Å²) in [5.74, 6) is 0. The Balaban J connectivity index is 1.61. The summed E-state index contributed by atoms with van der Waals surface area (Å²) in [4.78, 5) is 3.62. The highest BCUT2D eigenvalue weighted by Crippen LogP contribution is 2.37. The van der Waals surface area contributed by atoms with E-state index in [1.165, 1.54) is 55.2 Å². The van der Waals surface area contributed by atoms with Gasteiger partial charge in [0.2, 0.25) is 0 Å². The maximum absolute atomic E-state index is 3.62. The van der Waals surface area contributed by atoms with Crippen LogP contribution in [0.4, 0.5) is 0 Å². The van der Waals surface area contributed by atoms with Gasteiger partial charge in [0.1, 0.15) is 0 Å². The van der Waals surface area contributed by atoms with Crippen LogP contribution < -0.4 is 0 Å². The number of aromatic amines is 1. The molecule has 0 amide bonds. The second kappa shape index (κ2) is 8.91.